The second kappa shape index (κ2) is 7.04. The standard InChI is InChI=1S/C22H24N2O2/c25-21(24-23-15-18-14-16-11-12-17(18)13-16)22(26,19-7-3-1-4-8-19)20-9-5-2-6-10-20/h1-10,15-18,26H,11-14H2,(H,24,25)/b23-15-/t16-,17+,18-/m0/s1. The van der Waals surface area contributed by atoms with E-state index in [9.17, 15) is 9.90 Å². The van der Waals surface area contributed by atoms with Crippen molar-refractivity contribution in [1.82, 2.24) is 5.43 Å². The molecule has 4 nitrogen and oxygen atoms in total. The minimum atomic E-state index is -1.77. The van der Waals surface area contributed by atoms with Crippen molar-refractivity contribution < 1.29 is 9.90 Å². The number of nitrogens with one attached hydrogen (secondary N) is 1. The SMILES string of the molecule is O=C(N/N=C\[C@@H]1C[C@H]2CC[C@@H]1C2)C(O)(c1ccccc1)c1ccccc1. The normalized spacial score (nSPS) is 24.9. The van der Waals surface area contributed by atoms with E-state index in [4.69, 9.17) is 0 Å². The Morgan fingerprint density at radius 3 is 2.12 bits per heavy atom. The Morgan fingerprint density at radius 2 is 1.62 bits per heavy atom. The minimum Gasteiger partial charge on any atom is -0.372 e. The van der Waals surface area contributed by atoms with Gasteiger partial charge in [0, 0.05) is 6.21 Å². The zero-order valence-corrected chi connectivity index (χ0v) is 14.7. The van der Waals surface area contributed by atoms with Crippen molar-refractivity contribution in [1.29, 1.82) is 0 Å². The van der Waals surface area contributed by atoms with Gasteiger partial charge in [0.15, 0.2) is 5.60 Å². The number of amides is 1. The summed E-state index contributed by atoms with van der Waals surface area (Å²) in [5.41, 5.74) is 1.87. The smallest absolute Gasteiger partial charge is 0.281 e. The number of fused-ring (bicyclic) bond motifs is 2. The van der Waals surface area contributed by atoms with Crippen LogP contribution in [0.5, 0.6) is 0 Å². The Bertz CT molecular complexity index is 749. The maximum absolute atomic E-state index is 12.9. The minimum absolute atomic E-state index is 0.454. The van der Waals surface area contributed by atoms with Gasteiger partial charge in [-0.2, -0.15) is 5.10 Å². The van der Waals surface area contributed by atoms with E-state index in [0.29, 0.717) is 23.0 Å². The lowest BCUT2D eigenvalue weighted by molar-refractivity contribution is -0.136. The van der Waals surface area contributed by atoms with Crippen LogP contribution in [0.4, 0.5) is 0 Å². The van der Waals surface area contributed by atoms with Gasteiger partial charge in [-0.1, -0.05) is 67.1 Å². The summed E-state index contributed by atoms with van der Waals surface area (Å²) < 4.78 is 0. The molecule has 2 saturated carbocycles. The summed E-state index contributed by atoms with van der Waals surface area (Å²) >= 11 is 0. The molecule has 3 atom stereocenters. The van der Waals surface area contributed by atoms with E-state index >= 15 is 0 Å². The highest BCUT2D eigenvalue weighted by atomic mass is 16.3. The molecule has 0 radical (unpaired) electrons. The molecule has 26 heavy (non-hydrogen) atoms. The van der Waals surface area contributed by atoms with Gasteiger partial charge in [0.1, 0.15) is 0 Å². The van der Waals surface area contributed by atoms with Crippen LogP contribution in [0.3, 0.4) is 0 Å². The fraction of sp³-hybridized carbons (Fsp3) is 0.364. The molecule has 2 aromatic rings. The molecule has 2 N–H and O–H groups in total. The van der Waals surface area contributed by atoms with Gasteiger partial charge in [-0.15, -0.1) is 0 Å². The molecule has 2 aromatic carbocycles. The summed E-state index contributed by atoms with van der Waals surface area (Å²) in [5.74, 6) is 1.46. The molecular weight excluding hydrogens is 324 g/mol. The first-order chi connectivity index (χ1) is 12.7. The van der Waals surface area contributed by atoms with E-state index in [1.165, 1.54) is 25.7 Å². The van der Waals surface area contributed by atoms with Crippen LogP contribution in [0.1, 0.15) is 36.8 Å². The van der Waals surface area contributed by atoms with Crippen LogP contribution >= 0.6 is 0 Å². The number of hydrogen-bond acceptors (Lipinski definition) is 3. The van der Waals surface area contributed by atoms with Gasteiger partial charge in [0.25, 0.3) is 5.91 Å². The molecule has 1 amide bonds. The molecule has 0 heterocycles. The predicted molar refractivity (Wildman–Crippen MR) is 101 cm³/mol. The first-order valence-electron chi connectivity index (χ1n) is 9.35. The number of benzene rings is 2. The molecule has 134 valence electrons. The van der Waals surface area contributed by atoms with Crippen molar-refractivity contribution in [3.8, 4) is 0 Å². The van der Waals surface area contributed by atoms with Gasteiger partial charge in [0.2, 0.25) is 0 Å². The Hall–Kier alpha value is -2.46. The first-order valence-corrected chi connectivity index (χ1v) is 9.35. The Labute approximate surface area is 153 Å². The lowest BCUT2D eigenvalue weighted by Crippen LogP contribution is -2.43. The lowest BCUT2D eigenvalue weighted by atomic mass is 9.85. The van der Waals surface area contributed by atoms with E-state index < -0.39 is 11.5 Å². The fourth-order valence-corrected chi connectivity index (χ4v) is 4.54. The number of hydrazone groups is 1. The maximum atomic E-state index is 12.9. The number of carbonyl (C=O) groups excluding carboxylic acids is 1. The molecule has 2 bridgehead atoms. The second-order valence-corrected chi connectivity index (χ2v) is 7.50. The van der Waals surface area contributed by atoms with Crippen LogP contribution in [0, 0.1) is 17.8 Å². The lowest BCUT2D eigenvalue weighted by Gasteiger charge is -2.27. The van der Waals surface area contributed by atoms with Crippen LogP contribution in [-0.4, -0.2) is 17.2 Å². The van der Waals surface area contributed by atoms with Crippen molar-refractivity contribution in [2.45, 2.75) is 31.3 Å². The summed E-state index contributed by atoms with van der Waals surface area (Å²) in [6.07, 6.45) is 6.95. The van der Waals surface area contributed by atoms with E-state index in [1.807, 2.05) is 42.6 Å². The number of aliphatic hydroxyl groups is 1. The number of rotatable bonds is 5. The van der Waals surface area contributed by atoms with Crippen molar-refractivity contribution >= 4 is 12.1 Å². The van der Waals surface area contributed by atoms with Gasteiger partial charge in [-0.25, -0.2) is 5.43 Å². The maximum Gasteiger partial charge on any atom is 0.281 e. The highest BCUT2D eigenvalue weighted by Gasteiger charge is 2.41. The zero-order chi connectivity index (χ0) is 18.0. The largest absolute Gasteiger partial charge is 0.372 e. The number of carbonyl (C=O) groups is 1. The van der Waals surface area contributed by atoms with Gasteiger partial charge in [0.05, 0.1) is 0 Å². The van der Waals surface area contributed by atoms with Gasteiger partial charge >= 0.3 is 0 Å². The zero-order valence-electron chi connectivity index (χ0n) is 14.7. The molecule has 0 saturated heterocycles. The Morgan fingerprint density at radius 1 is 1.00 bits per heavy atom. The van der Waals surface area contributed by atoms with E-state index in [2.05, 4.69) is 10.5 Å². The highest BCUT2D eigenvalue weighted by molar-refractivity contribution is 5.90. The molecule has 0 aromatic heterocycles. The number of nitrogens with zero attached hydrogens (tertiary/aromatic N) is 1. The monoisotopic (exact) mass is 348 g/mol. The molecule has 0 unspecified atom stereocenters. The molecule has 0 spiro atoms. The van der Waals surface area contributed by atoms with Crippen LogP contribution in [0.25, 0.3) is 0 Å². The summed E-state index contributed by atoms with van der Waals surface area (Å²) in [4.78, 5) is 12.9. The third kappa shape index (κ3) is 3.06. The molecule has 4 rings (SSSR count). The molecule has 4 heteroatoms. The van der Waals surface area contributed by atoms with Crippen LogP contribution in [-0.2, 0) is 10.4 Å². The Kier molecular flexibility index (Phi) is 4.60. The third-order valence-corrected chi connectivity index (χ3v) is 5.94. The first kappa shape index (κ1) is 17.0. The average Bonchev–Trinajstić information content (AvgIpc) is 3.32. The summed E-state index contributed by atoms with van der Waals surface area (Å²) in [5, 5.41) is 15.5. The average molecular weight is 348 g/mol. The third-order valence-electron chi connectivity index (χ3n) is 5.94. The fourth-order valence-electron chi connectivity index (χ4n) is 4.54. The van der Waals surface area contributed by atoms with Crippen LogP contribution in [0.2, 0.25) is 0 Å². The topological polar surface area (TPSA) is 61.7 Å². The van der Waals surface area contributed by atoms with E-state index in [0.717, 1.165) is 5.92 Å². The van der Waals surface area contributed by atoms with E-state index in [1.54, 1.807) is 24.3 Å². The molecule has 2 aliphatic carbocycles. The van der Waals surface area contributed by atoms with Gasteiger partial charge in [-0.05, 0) is 48.1 Å². The van der Waals surface area contributed by atoms with Crippen molar-refractivity contribution in [3.05, 3.63) is 71.8 Å². The number of hydrogen-bond donors (Lipinski definition) is 2. The predicted octanol–water partition coefficient (Wildman–Crippen LogP) is 3.46. The summed E-state index contributed by atoms with van der Waals surface area (Å²) in [6.45, 7) is 0. The van der Waals surface area contributed by atoms with Crippen LogP contribution in [0.15, 0.2) is 65.8 Å². The highest BCUT2D eigenvalue weighted by Crippen LogP contribution is 2.47. The molecule has 2 fully saturated rings. The summed E-state index contributed by atoms with van der Waals surface area (Å²) in [7, 11) is 0. The van der Waals surface area contributed by atoms with Gasteiger partial charge < -0.3 is 5.11 Å². The van der Waals surface area contributed by atoms with E-state index in [-0.39, 0.29) is 0 Å². The van der Waals surface area contributed by atoms with Crippen molar-refractivity contribution in [3.63, 3.8) is 0 Å². The second-order valence-electron chi connectivity index (χ2n) is 7.50. The van der Waals surface area contributed by atoms with Gasteiger partial charge in [-0.3, -0.25) is 4.79 Å². The van der Waals surface area contributed by atoms with Crippen molar-refractivity contribution in [2.24, 2.45) is 22.9 Å². The molecular formula is C22H24N2O2. The Balaban J connectivity index is 1.55. The molecule has 0 aliphatic heterocycles. The quantitative estimate of drug-likeness (QED) is 0.642. The van der Waals surface area contributed by atoms with Crippen LogP contribution < -0.4 is 5.43 Å². The summed E-state index contributed by atoms with van der Waals surface area (Å²) in [6, 6.07) is 18.0. The van der Waals surface area contributed by atoms with Crippen molar-refractivity contribution in [2.75, 3.05) is 0 Å². The molecule has 2 aliphatic rings.